The van der Waals surface area contributed by atoms with Gasteiger partial charge in [-0.05, 0) is 0 Å². The number of aliphatic carboxylic acids is 1. The van der Waals surface area contributed by atoms with Crippen molar-refractivity contribution in [3.05, 3.63) is 17.7 Å². The molecule has 0 spiro atoms. The molecule has 1 aromatic heterocycles. The van der Waals surface area contributed by atoms with Crippen LogP contribution >= 0.6 is 11.8 Å². The average Bonchev–Trinajstić information content (AvgIpc) is 2.85. The lowest BCUT2D eigenvalue weighted by atomic mass is 10.0. The zero-order chi connectivity index (χ0) is 16.3. The molecule has 0 saturated heterocycles. The van der Waals surface area contributed by atoms with E-state index in [1.807, 2.05) is 11.6 Å². The number of esters is 1. The Labute approximate surface area is 131 Å². The van der Waals surface area contributed by atoms with Crippen molar-refractivity contribution in [1.82, 2.24) is 14.5 Å². The molecule has 22 heavy (non-hydrogen) atoms. The minimum Gasteiger partial charge on any atom is -0.481 e. The summed E-state index contributed by atoms with van der Waals surface area (Å²) < 4.78 is 6.58. The summed E-state index contributed by atoms with van der Waals surface area (Å²) in [5.41, 5.74) is 1.65. The van der Waals surface area contributed by atoms with Crippen LogP contribution in [0, 0.1) is 0 Å². The van der Waals surface area contributed by atoms with Crippen LogP contribution < -0.4 is 0 Å². The number of thioether (sulfide) groups is 1. The Morgan fingerprint density at radius 3 is 2.82 bits per heavy atom. The molecule has 2 heterocycles. The molecule has 0 radical (unpaired) electrons. The van der Waals surface area contributed by atoms with Gasteiger partial charge in [0.15, 0.2) is 0 Å². The molecule has 0 aromatic carbocycles. The molecule has 0 aliphatic carbocycles. The van der Waals surface area contributed by atoms with Crippen molar-refractivity contribution in [1.29, 1.82) is 0 Å². The van der Waals surface area contributed by atoms with Crippen LogP contribution in [0.3, 0.4) is 0 Å². The van der Waals surface area contributed by atoms with Gasteiger partial charge < -0.3 is 19.3 Å². The standard InChI is InChI=1S/C13H17N3O5S/c1-15-7-14-8-3-9(13(20)21-2)16(4-10(8)15)11(17)5-22-6-12(18)19/h7,9H,3-6H2,1-2H3,(H,18,19)/t9-/m0/s1. The van der Waals surface area contributed by atoms with E-state index in [9.17, 15) is 14.4 Å². The third-order valence-corrected chi connectivity index (χ3v) is 4.38. The molecule has 0 fully saturated rings. The van der Waals surface area contributed by atoms with Gasteiger partial charge in [0.25, 0.3) is 0 Å². The molecule has 8 nitrogen and oxygen atoms in total. The smallest absolute Gasteiger partial charge is 0.329 e. The predicted molar refractivity (Wildman–Crippen MR) is 78.2 cm³/mol. The van der Waals surface area contributed by atoms with Crippen LogP contribution in [-0.2, 0) is 39.1 Å². The summed E-state index contributed by atoms with van der Waals surface area (Å²) in [6.45, 7) is 0.262. The summed E-state index contributed by atoms with van der Waals surface area (Å²) in [6, 6.07) is -0.717. The van der Waals surface area contributed by atoms with Crippen molar-refractivity contribution in [2.24, 2.45) is 7.05 Å². The maximum Gasteiger partial charge on any atom is 0.329 e. The fraction of sp³-hybridized carbons (Fsp3) is 0.538. The first-order valence-electron chi connectivity index (χ1n) is 6.60. The van der Waals surface area contributed by atoms with Crippen LogP contribution in [-0.4, -0.2) is 62.1 Å². The molecule has 120 valence electrons. The summed E-state index contributed by atoms with van der Waals surface area (Å²) in [6.07, 6.45) is 1.95. The van der Waals surface area contributed by atoms with Crippen LogP contribution in [0.15, 0.2) is 6.33 Å². The summed E-state index contributed by atoms with van der Waals surface area (Å²) in [4.78, 5) is 40.4. The molecule has 1 aliphatic rings. The number of carboxylic acids is 1. The maximum absolute atomic E-state index is 12.3. The highest BCUT2D eigenvalue weighted by atomic mass is 32.2. The van der Waals surface area contributed by atoms with Gasteiger partial charge in [-0.25, -0.2) is 9.78 Å². The monoisotopic (exact) mass is 327 g/mol. The summed E-state index contributed by atoms with van der Waals surface area (Å²) in [7, 11) is 3.10. The van der Waals surface area contributed by atoms with Gasteiger partial charge in [0.2, 0.25) is 5.91 Å². The number of hydrogen-bond acceptors (Lipinski definition) is 6. The Kier molecular flexibility index (Phi) is 5.07. The summed E-state index contributed by atoms with van der Waals surface area (Å²) in [5, 5.41) is 8.62. The number of rotatable bonds is 5. The van der Waals surface area contributed by atoms with Gasteiger partial charge in [-0.2, -0.15) is 0 Å². The van der Waals surface area contributed by atoms with E-state index in [4.69, 9.17) is 9.84 Å². The van der Waals surface area contributed by atoms with Gasteiger partial charge in [0, 0.05) is 13.5 Å². The molecule has 0 bridgehead atoms. The van der Waals surface area contributed by atoms with E-state index >= 15 is 0 Å². The van der Waals surface area contributed by atoms with E-state index in [0.717, 1.165) is 23.1 Å². The van der Waals surface area contributed by atoms with Gasteiger partial charge in [-0.3, -0.25) is 9.59 Å². The number of fused-ring (bicyclic) bond motifs is 1. The number of imidazole rings is 1. The van der Waals surface area contributed by atoms with E-state index in [0.29, 0.717) is 6.42 Å². The van der Waals surface area contributed by atoms with Crippen LogP contribution in [0.1, 0.15) is 11.4 Å². The number of ether oxygens (including phenoxy) is 1. The highest BCUT2D eigenvalue weighted by molar-refractivity contribution is 8.00. The first-order chi connectivity index (χ1) is 10.4. The zero-order valence-electron chi connectivity index (χ0n) is 12.3. The predicted octanol–water partition coefficient (Wildman–Crippen LogP) is -0.336. The molecule has 9 heteroatoms. The highest BCUT2D eigenvalue weighted by Gasteiger charge is 2.37. The number of methoxy groups -OCH3 is 1. The lowest BCUT2D eigenvalue weighted by molar-refractivity contribution is -0.153. The molecular formula is C13H17N3O5S. The molecular weight excluding hydrogens is 310 g/mol. The molecule has 1 N–H and O–H groups in total. The van der Waals surface area contributed by atoms with Crippen LogP contribution in [0.25, 0.3) is 0 Å². The number of aromatic nitrogens is 2. The number of carboxylic acid groups (broad SMARTS) is 1. The zero-order valence-corrected chi connectivity index (χ0v) is 13.1. The molecule has 0 saturated carbocycles. The first-order valence-corrected chi connectivity index (χ1v) is 7.75. The number of aryl methyl sites for hydroxylation is 1. The normalized spacial score (nSPS) is 17.0. The Morgan fingerprint density at radius 1 is 1.45 bits per heavy atom. The van der Waals surface area contributed by atoms with Crippen LogP contribution in [0.5, 0.6) is 0 Å². The second-order valence-electron chi connectivity index (χ2n) is 4.90. The largest absolute Gasteiger partial charge is 0.481 e. The number of amides is 1. The minimum absolute atomic E-state index is 0.00692. The van der Waals surface area contributed by atoms with Crippen molar-refractivity contribution < 1.29 is 24.2 Å². The number of carbonyl (C=O) groups is 3. The molecule has 0 unspecified atom stereocenters. The highest BCUT2D eigenvalue weighted by Crippen LogP contribution is 2.23. The van der Waals surface area contributed by atoms with Crippen molar-refractivity contribution in [3.63, 3.8) is 0 Å². The number of nitrogens with zero attached hydrogens (tertiary/aromatic N) is 3. The first kappa shape index (κ1) is 16.3. The Balaban J connectivity index is 2.15. The Bertz CT molecular complexity index is 600. The minimum atomic E-state index is -0.977. The second kappa shape index (κ2) is 6.82. The van der Waals surface area contributed by atoms with E-state index < -0.39 is 18.0 Å². The van der Waals surface area contributed by atoms with Crippen molar-refractivity contribution in [2.75, 3.05) is 18.6 Å². The summed E-state index contributed by atoms with van der Waals surface area (Å²) >= 11 is 1.01. The lowest BCUT2D eigenvalue weighted by Gasteiger charge is -2.33. The van der Waals surface area contributed by atoms with Gasteiger partial charge in [0.05, 0.1) is 42.9 Å². The number of carbonyl (C=O) groups excluding carboxylic acids is 2. The lowest BCUT2D eigenvalue weighted by Crippen LogP contribution is -2.50. The van der Waals surface area contributed by atoms with Crippen molar-refractivity contribution >= 4 is 29.6 Å². The molecule has 1 aromatic rings. The average molecular weight is 327 g/mol. The molecule has 1 atom stereocenters. The van der Waals surface area contributed by atoms with Crippen LogP contribution in [0.2, 0.25) is 0 Å². The van der Waals surface area contributed by atoms with E-state index in [1.54, 1.807) is 6.33 Å². The third-order valence-electron chi connectivity index (χ3n) is 3.47. The third kappa shape index (κ3) is 3.41. The molecule has 2 rings (SSSR count). The second-order valence-corrected chi connectivity index (χ2v) is 5.89. The molecule has 1 aliphatic heterocycles. The van der Waals surface area contributed by atoms with Gasteiger partial charge in [-0.15, -0.1) is 11.8 Å². The van der Waals surface area contributed by atoms with E-state index in [-0.39, 0.29) is 24.0 Å². The van der Waals surface area contributed by atoms with Gasteiger partial charge in [-0.1, -0.05) is 0 Å². The van der Waals surface area contributed by atoms with Crippen molar-refractivity contribution in [3.8, 4) is 0 Å². The quantitative estimate of drug-likeness (QED) is 0.738. The SMILES string of the molecule is COC(=O)[C@@H]1Cc2ncn(C)c2CN1C(=O)CSCC(=O)O. The van der Waals surface area contributed by atoms with E-state index in [2.05, 4.69) is 4.98 Å². The van der Waals surface area contributed by atoms with E-state index in [1.165, 1.54) is 12.0 Å². The fourth-order valence-corrected chi connectivity index (χ4v) is 2.98. The Hall–Kier alpha value is -2.03. The van der Waals surface area contributed by atoms with Crippen molar-refractivity contribution in [2.45, 2.75) is 19.0 Å². The Morgan fingerprint density at radius 2 is 2.18 bits per heavy atom. The fourth-order valence-electron chi connectivity index (χ4n) is 2.36. The summed E-state index contributed by atoms with van der Waals surface area (Å²) in [5.74, 6) is -1.90. The van der Waals surface area contributed by atoms with Gasteiger partial charge >= 0.3 is 11.9 Å². The van der Waals surface area contributed by atoms with Crippen LogP contribution in [0.4, 0.5) is 0 Å². The van der Waals surface area contributed by atoms with Gasteiger partial charge in [0.1, 0.15) is 6.04 Å². The maximum atomic E-state index is 12.3. The molecule has 1 amide bonds. The number of hydrogen-bond donors (Lipinski definition) is 1. The topological polar surface area (TPSA) is 102 Å².